The Kier molecular flexibility index (Phi) is 4.58. The summed E-state index contributed by atoms with van der Waals surface area (Å²) in [5, 5.41) is 13.6. The number of hydrogen-bond donors (Lipinski definition) is 2. The van der Waals surface area contributed by atoms with Crippen molar-refractivity contribution < 1.29 is 9.50 Å². The Bertz CT molecular complexity index is 1220. The molecule has 0 atom stereocenters. The Morgan fingerprint density at radius 2 is 2.00 bits per heavy atom. The number of nitrogens with one attached hydrogen (secondary N) is 1. The molecule has 0 radical (unpaired) electrons. The molecule has 0 saturated carbocycles. The molecule has 27 heavy (non-hydrogen) atoms. The second-order valence-electron chi connectivity index (χ2n) is 6.81. The average Bonchev–Trinajstić information content (AvgIpc) is 3.15. The van der Waals surface area contributed by atoms with Gasteiger partial charge >= 0.3 is 0 Å². The first kappa shape index (κ1) is 17.9. The zero-order valence-electron chi connectivity index (χ0n) is 15.2. The SMILES string of the molecule is CCCc1ccc(-c2c(CO)cc(C)c3[nH]c(=O)c4sccc4c23)cc1F. The number of thiophene rings is 1. The van der Waals surface area contributed by atoms with Crippen LogP contribution in [0.25, 0.3) is 32.1 Å². The van der Waals surface area contributed by atoms with Gasteiger partial charge in [0.1, 0.15) is 10.5 Å². The third-order valence-corrected chi connectivity index (χ3v) is 5.93. The third kappa shape index (κ3) is 2.87. The van der Waals surface area contributed by atoms with Crippen LogP contribution in [0.1, 0.15) is 30.0 Å². The first-order valence-corrected chi connectivity index (χ1v) is 9.88. The number of aryl methyl sites for hydroxylation is 2. The lowest BCUT2D eigenvalue weighted by atomic mass is 9.90. The van der Waals surface area contributed by atoms with Crippen LogP contribution >= 0.6 is 11.3 Å². The van der Waals surface area contributed by atoms with Gasteiger partial charge in [-0.2, -0.15) is 0 Å². The first-order valence-electron chi connectivity index (χ1n) is 9.00. The van der Waals surface area contributed by atoms with Crippen molar-refractivity contribution in [1.82, 2.24) is 4.98 Å². The van der Waals surface area contributed by atoms with Crippen LogP contribution in [0.15, 0.2) is 40.5 Å². The molecule has 0 bridgehead atoms. The van der Waals surface area contributed by atoms with Gasteiger partial charge in [0.15, 0.2) is 0 Å². The molecule has 4 aromatic rings. The molecule has 4 rings (SSSR count). The van der Waals surface area contributed by atoms with E-state index >= 15 is 0 Å². The Morgan fingerprint density at radius 1 is 1.19 bits per heavy atom. The highest BCUT2D eigenvalue weighted by atomic mass is 32.1. The summed E-state index contributed by atoms with van der Waals surface area (Å²) >= 11 is 1.38. The van der Waals surface area contributed by atoms with Gasteiger partial charge in [-0.05, 0) is 58.7 Å². The van der Waals surface area contributed by atoms with E-state index in [0.717, 1.165) is 39.4 Å². The van der Waals surface area contributed by atoms with Crippen molar-refractivity contribution in [3.05, 3.63) is 68.6 Å². The zero-order valence-corrected chi connectivity index (χ0v) is 16.0. The lowest BCUT2D eigenvalue weighted by Crippen LogP contribution is -2.07. The molecule has 2 aromatic heterocycles. The van der Waals surface area contributed by atoms with E-state index in [9.17, 15) is 14.3 Å². The van der Waals surface area contributed by atoms with Gasteiger partial charge in [0.25, 0.3) is 5.56 Å². The van der Waals surface area contributed by atoms with Crippen molar-refractivity contribution in [2.75, 3.05) is 0 Å². The van der Waals surface area contributed by atoms with Crippen LogP contribution in [0.2, 0.25) is 0 Å². The number of pyridine rings is 1. The monoisotopic (exact) mass is 381 g/mol. The number of rotatable bonds is 4. The third-order valence-electron chi connectivity index (χ3n) is 5.02. The predicted octanol–water partition coefficient (Wildman–Crippen LogP) is 5.30. The van der Waals surface area contributed by atoms with Gasteiger partial charge < -0.3 is 10.1 Å². The Morgan fingerprint density at radius 3 is 2.70 bits per heavy atom. The summed E-state index contributed by atoms with van der Waals surface area (Å²) in [5.41, 5.74) is 4.39. The molecule has 0 aliphatic carbocycles. The van der Waals surface area contributed by atoms with E-state index < -0.39 is 0 Å². The van der Waals surface area contributed by atoms with Gasteiger partial charge in [-0.1, -0.05) is 31.5 Å². The van der Waals surface area contributed by atoms with Crippen molar-refractivity contribution in [2.45, 2.75) is 33.3 Å². The molecule has 0 aliphatic heterocycles. The number of hydrogen-bond acceptors (Lipinski definition) is 3. The van der Waals surface area contributed by atoms with Crippen LogP contribution in [0.5, 0.6) is 0 Å². The van der Waals surface area contributed by atoms with E-state index in [1.807, 2.05) is 43.5 Å². The molecule has 5 heteroatoms. The van der Waals surface area contributed by atoms with Crippen LogP contribution in [-0.2, 0) is 13.0 Å². The highest BCUT2D eigenvalue weighted by Gasteiger charge is 2.18. The topological polar surface area (TPSA) is 53.1 Å². The second kappa shape index (κ2) is 6.91. The number of aromatic nitrogens is 1. The summed E-state index contributed by atoms with van der Waals surface area (Å²) in [6.45, 7) is 3.77. The quantitative estimate of drug-likeness (QED) is 0.504. The Labute approximate surface area is 160 Å². The molecule has 0 fully saturated rings. The van der Waals surface area contributed by atoms with Gasteiger partial charge in [0.2, 0.25) is 0 Å². The number of aliphatic hydroxyl groups is 1. The van der Waals surface area contributed by atoms with Crippen LogP contribution in [-0.4, -0.2) is 10.1 Å². The maximum Gasteiger partial charge on any atom is 0.266 e. The Balaban J connectivity index is 2.13. The largest absolute Gasteiger partial charge is 0.392 e. The standard InChI is InChI=1S/C22H20FNO2S/c1-3-4-13-5-6-14(10-17(13)23)18-15(11-25)9-12(2)20-19(18)16-7-8-27-21(16)22(26)24-20/h5-10,25H,3-4,11H2,1-2H3,(H,24,26). The minimum atomic E-state index is -0.238. The molecule has 138 valence electrons. The summed E-state index contributed by atoms with van der Waals surface area (Å²) < 4.78 is 15.3. The van der Waals surface area contributed by atoms with Crippen molar-refractivity contribution >= 4 is 32.3 Å². The van der Waals surface area contributed by atoms with Gasteiger partial charge in [-0.25, -0.2) is 4.39 Å². The van der Waals surface area contributed by atoms with E-state index in [-0.39, 0.29) is 18.0 Å². The summed E-state index contributed by atoms with van der Waals surface area (Å²) in [4.78, 5) is 15.4. The predicted molar refractivity (Wildman–Crippen MR) is 110 cm³/mol. The number of benzene rings is 2. The van der Waals surface area contributed by atoms with Crippen molar-refractivity contribution in [3.63, 3.8) is 0 Å². The number of fused-ring (bicyclic) bond motifs is 3. The van der Waals surface area contributed by atoms with E-state index in [2.05, 4.69) is 4.98 Å². The number of aliphatic hydroxyl groups excluding tert-OH is 1. The smallest absolute Gasteiger partial charge is 0.266 e. The summed E-state index contributed by atoms with van der Waals surface area (Å²) in [5.74, 6) is -0.238. The van der Waals surface area contributed by atoms with Crippen molar-refractivity contribution in [3.8, 4) is 11.1 Å². The highest BCUT2D eigenvalue weighted by Crippen LogP contribution is 2.38. The van der Waals surface area contributed by atoms with Gasteiger partial charge in [-0.15, -0.1) is 11.3 Å². The molecule has 0 saturated heterocycles. The molecular formula is C22H20FNO2S. The number of aromatic amines is 1. The number of halogens is 1. The molecular weight excluding hydrogens is 361 g/mol. The fraction of sp³-hybridized carbons (Fsp3) is 0.227. The minimum absolute atomic E-state index is 0.122. The van der Waals surface area contributed by atoms with Gasteiger partial charge in [0.05, 0.1) is 12.1 Å². The average molecular weight is 381 g/mol. The van der Waals surface area contributed by atoms with Crippen LogP contribution < -0.4 is 5.56 Å². The normalized spacial score (nSPS) is 11.6. The van der Waals surface area contributed by atoms with E-state index in [1.54, 1.807) is 0 Å². The molecule has 3 nitrogen and oxygen atoms in total. The van der Waals surface area contributed by atoms with Crippen molar-refractivity contribution in [2.24, 2.45) is 0 Å². The second-order valence-corrected chi connectivity index (χ2v) is 7.73. The van der Waals surface area contributed by atoms with Gasteiger partial charge in [-0.3, -0.25) is 4.79 Å². The van der Waals surface area contributed by atoms with Crippen LogP contribution in [0, 0.1) is 12.7 Å². The summed E-state index contributed by atoms with van der Waals surface area (Å²) in [6, 6.07) is 9.04. The van der Waals surface area contributed by atoms with E-state index in [1.165, 1.54) is 17.4 Å². The zero-order chi connectivity index (χ0) is 19.1. The highest BCUT2D eigenvalue weighted by molar-refractivity contribution is 7.17. The maximum atomic E-state index is 14.6. The Hall–Kier alpha value is -2.50. The summed E-state index contributed by atoms with van der Waals surface area (Å²) in [6.07, 6.45) is 1.57. The lowest BCUT2D eigenvalue weighted by molar-refractivity contribution is 0.282. The molecule has 2 heterocycles. The van der Waals surface area contributed by atoms with E-state index in [4.69, 9.17) is 0 Å². The molecule has 0 amide bonds. The van der Waals surface area contributed by atoms with E-state index in [0.29, 0.717) is 22.2 Å². The first-order chi connectivity index (χ1) is 13.0. The fourth-order valence-electron chi connectivity index (χ4n) is 3.80. The fourth-order valence-corrected chi connectivity index (χ4v) is 4.60. The molecule has 2 N–H and O–H groups in total. The van der Waals surface area contributed by atoms with Crippen LogP contribution in [0.3, 0.4) is 0 Å². The maximum absolute atomic E-state index is 14.6. The molecule has 2 aromatic carbocycles. The lowest BCUT2D eigenvalue weighted by Gasteiger charge is -2.16. The number of H-pyrrole nitrogens is 1. The minimum Gasteiger partial charge on any atom is -0.392 e. The van der Waals surface area contributed by atoms with Crippen molar-refractivity contribution in [1.29, 1.82) is 0 Å². The van der Waals surface area contributed by atoms with Crippen LogP contribution in [0.4, 0.5) is 4.39 Å². The summed E-state index contributed by atoms with van der Waals surface area (Å²) in [7, 11) is 0. The molecule has 0 spiro atoms. The molecule has 0 unspecified atom stereocenters. The molecule has 0 aliphatic rings. The van der Waals surface area contributed by atoms with Gasteiger partial charge in [0, 0.05) is 10.8 Å².